The van der Waals surface area contributed by atoms with Crippen LogP contribution in [0.1, 0.15) is 71.9 Å². The zero-order valence-corrected chi connectivity index (χ0v) is 22.7. The van der Waals surface area contributed by atoms with Crippen LogP contribution in [0.25, 0.3) is 5.76 Å². The lowest BCUT2D eigenvalue weighted by Gasteiger charge is -2.27. The van der Waals surface area contributed by atoms with Crippen LogP contribution in [-0.4, -0.2) is 29.4 Å². The molecule has 3 aromatic rings. The van der Waals surface area contributed by atoms with Gasteiger partial charge in [-0.25, -0.2) is 4.79 Å². The SMILES string of the molecule is CCOC(=O)c1cccc(N2C(=O)C(=O)/C(=C(/O)c3cc(C(C)(C)C)ccc3C)C2c2ccccc2C)c1. The molecule has 3 aromatic carbocycles. The maximum absolute atomic E-state index is 13.6. The molecule has 1 heterocycles. The highest BCUT2D eigenvalue weighted by molar-refractivity contribution is 6.51. The molecule has 1 amide bonds. The molecule has 0 saturated carbocycles. The Hall–Kier alpha value is -4.19. The van der Waals surface area contributed by atoms with Gasteiger partial charge in [0.05, 0.1) is 23.8 Å². The fourth-order valence-corrected chi connectivity index (χ4v) is 4.77. The number of benzene rings is 3. The summed E-state index contributed by atoms with van der Waals surface area (Å²) in [5.41, 5.74) is 4.32. The van der Waals surface area contributed by atoms with E-state index >= 15 is 0 Å². The second kappa shape index (κ2) is 10.3. The van der Waals surface area contributed by atoms with Crippen LogP contribution in [-0.2, 0) is 19.7 Å². The van der Waals surface area contributed by atoms with Gasteiger partial charge in [0.2, 0.25) is 0 Å². The van der Waals surface area contributed by atoms with Gasteiger partial charge < -0.3 is 9.84 Å². The summed E-state index contributed by atoms with van der Waals surface area (Å²) in [6.07, 6.45) is 0. The normalized spacial score (nSPS) is 17.1. The van der Waals surface area contributed by atoms with E-state index in [2.05, 4.69) is 20.8 Å². The number of aliphatic hydroxyl groups is 1. The van der Waals surface area contributed by atoms with Crippen molar-refractivity contribution < 1.29 is 24.2 Å². The van der Waals surface area contributed by atoms with Gasteiger partial charge in [0.1, 0.15) is 5.76 Å². The van der Waals surface area contributed by atoms with Crippen LogP contribution in [0.2, 0.25) is 0 Å². The average Bonchev–Trinajstić information content (AvgIpc) is 3.13. The minimum Gasteiger partial charge on any atom is -0.507 e. The van der Waals surface area contributed by atoms with E-state index < -0.39 is 23.7 Å². The lowest BCUT2D eigenvalue weighted by molar-refractivity contribution is -0.132. The smallest absolute Gasteiger partial charge is 0.338 e. The first-order chi connectivity index (χ1) is 18.0. The van der Waals surface area contributed by atoms with Crippen molar-refractivity contribution in [2.75, 3.05) is 11.5 Å². The number of rotatable bonds is 5. The van der Waals surface area contributed by atoms with Gasteiger partial charge in [-0.05, 0) is 72.7 Å². The number of esters is 1. The molecule has 0 aromatic heterocycles. The number of ether oxygens (including phenoxy) is 1. The van der Waals surface area contributed by atoms with Crippen LogP contribution in [0, 0.1) is 13.8 Å². The van der Waals surface area contributed by atoms with Gasteiger partial charge in [-0.3, -0.25) is 14.5 Å². The molecule has 6 heteroatoms. The standard InChI is InChI=1S/C32H33NO5/c1-7-38-31(37)21-12-10-13-23(17-21)33-27(24-14-9-8-11-19(24)2)26(29(35)30(33)36)28(34)25-18-22(32(4,5)6)16-15-20(25)3/h8-18,27,34H,7H2,1-6H3/b28-26+. The molecule has 1 fully saturated rings. The summed E-state index contributed by atoms with van der Waals surface area (Å²) >= 11 is 0. The first-order valence-corrected chi connectivity index (χ1v) is 12.7. The zero-order valence-electron chi connectivity index (χ0n) is 22.7. The minimum atomic E-state index is -0.883. The minimum absolute atomic E-state index is 0.0139. The molecule has 6 nitrogen and oxygen atoms in total. The van der Waals surface area contributed by atoms with E-state index in [0.29, 0.717) is 16.8 Å². The summed E-state index contributed by atoms with van der Waals surface area (Å²) in [6.45, 7) is 11.9. The Morgan fingerprint density at radius 3 is 2.32 bits per heavy atom. The van der Waals surface area contributed by atoms with Crippen molar-refractivity contribution in [3.63, 3.8) is 0 Å². The molecular weight excluding hydrogens is 478 g/mol. The highest BCUT2D eigenvalue weighted by Gasteiger charge is 2.47. The van der Waals surface area contributed by atoms with Crippen LogP contribution < -0.4 is 4.90 Å². The molecule has 1 aliphatic heterocycles. The molecule has 0 radical (unpaired) electrons. The van der Waals surface area contributed by atoms with Crippen LogP contribution in [0.5, 0.6) is 0 Å². The number of anilines is 1. The van der Waals surface area contributed by atoms with Crippen molar-refractivity contribution in [2.45, 2.75) is 53.0 Å². The van der Waals surface area contributed by atoms with E-state index in [0.717, 1.165) is 16.7 Å². The Labute approximate surface area is 223 Å². The molecule has 1 unspecified atom stereocenters. The maximum atomic E-state index is 13.6. The number of carbonyl (C=O) groups is 3. The van der Waals surface area contributed by atoms with Crippen molar-refractivity contribution in [2.24, 2.45) is 0 Å². The summed E-state index contributed by atoms with van der Waals surface area (Å²) in [5.74, 6) is -2.29. The lowest BCUT2D eigenvalue weighted by Crippen LogP contribution is -2.30. The van der Waals surface area contributed by atoms with Gasteiger partial charge in [-0.15, -0.1) is 0 Å². The maximum Gasteiger partial charge on any atom is 0.338 e. The number of nitrogens with zero attached hydrogens (tertiary/aromatic N) is 1. The molecule has 1 aliphatic rings. The van der Waals surface area contributed by atoms with Gasteiger partial charge in [-0.1, -0.05) is 63.2 Å². The lowest BCUT2D eigenvalue weighted by atomic mass is 9.84. The van der Waals surface area contributed by atoms with Crippen LogP contribution in [0.4, 0.5) is 5.69 Å². The van der Waals surface area contributed by atoms with Crippen LogP contribution in [0.3, 0.4) is 0 Å². The Morgan fingerprint density at radius 2 is 1.66 bits per heavy atom. The van der Waals surface area contributed by atoms with Crippen molar-refractivity contribution in [1.82, 2.24) is 0 Å². The molecule has 0 aliphatic carbocycles. The average molecular weight is 512 g/mol. The van der Waals surface area contributed by atoms with Crippen molar-refractivity contribution in [3.05, 3.63) is 106 Å². The summed E-state index contributed by atoms with van der Waals surface area (Å²) in [7, 11) is 0. The van der Waals surface area contributed by atoms with E-state index in [1.54, 1.807) is 31.2 Å². The van der Waals surface area contributed by atoms with Crippen molar-refractivity contribution in [1.29, 1.82) is 0 Å². The number of ketones is 1. The fraction of sp³-hybridized carbons (Fsp3) is 0.281. The first kappa shape index (κ1) is 26.9. The topological polar surface area (TPSA) is 83.9 Å². The van der Waals surface area contributed by atoms with E-state index in [1.807, 2.05) is 56.3 Å². The third-order valence-electron chi connectivity index (χ3n) is 6.92. The summed E-state index contributed by atoms with van der Waals surface area (Å²) in [4.78, 5) is 41.0. The Morgan fingerprint density at radius 1 is 0.947 bits per heavy atom. The molecule has 0 bridgehead atoms. The quantitative estimate of drug-likeness (QED) is 0.185. The third-order valence-corrected chi connectivity index (χ3v) is 6.92. The molecule has 4 rings (SSSR count). The molecular formula is C32H33NO5. The van der Waals surface area contributed by atoms with Crippen molar-refractivity contribution in [3.8, 4) is 0 Å². The number of hydrogen-bond acceptors (Lipinski definition) is 5. The number of carbonyl (C=O) groups excluding carboxylic acids is 3. The first-order valence-electron chi connectivity index (χ1n) is 12.7. The predicted molar refractivity (Wildman–Crippen MR) is 148 cm³/mol. The number of hydrogen-bond donors (Lipinski definition) is 1. The number of Topliss-reactive ketones (excluding diaryl/α,β-unsaturated/α-hetero) is 1. The zero-order chi connectivity index (χ0) is 27.8. The van der Waals surface area contributed by atoms with Crippen LogP contribution in [0.15, 0.2) is 72.3 Å². The van der Waals surface area contributed by atoms with E-state index in [4.69, 9.17) is 4.74 Å². The third kappa shape index (κ3) is 4.86. The Kier molecular flexibility index (Phi) is 7.27. The molecule has 1 saturated heterocycles. The second-order valence-electron chi connectivity index (χ2n) is 10.6. The number of amides is 1. The largest absolute Gasteiger partial charge is 0.507 e. The Balaban J connectivity index is 1.97. The van der Waals surface area contributed by atoms with Crippen molar-refractivity contribution >= 4 is 29.1 Å². The molecule has 0 spiro atoms. The van der Waals surface area contributed by atoms with Gasteiger partial charge in [0.15, 0.2) is 0 Å². The molecule has 196 valence electrons. The van der Waals surface area contributed by atoms with Crippen LogP contribution >= 0.6 is 0 Å². The summed E-state index contributed by atoms with van der Waals surface area (Å²) in [5, 5.41) is 11.7. The predicted octanol–water partition coefficient (Wildman–Crippen LogP) is 6.40. The van der Waals surface area contributed by atoms with E-state index in [1.165, 1.54) is 4.90 Å². The number of aryl methyl sites for hydroxylation is 2. The fourth-order valence-electron chi connectivity index (χ4n) is 4.77. The highest BCUT2D eigenvalue weighted by Crippen LogP contribution is 2.44. The van der Waals surface area contributed by atoms with E-state index in [9.17, 15) is 19.5 Å². The second-order valence-corrected chi connectivity index (χ2v) is 10.6. The monoisotopic (exact) mass is 511 g/mol. The molecule has 1 N–H and O–H groups in total. The molecule has 1 atom stereocenters. The highest BCUT2D eigenvalue weighted by atomic mass is 16.5. The van der Waals surface area contributed by atoms with Gasteiger partial charge in [0, 0.05) is 11.3 Å². The summed E-state index contributed by atoms with van der Waals surface area (Å²) < 4.78 is 5.13. The Bertz CT molecular complexity index is 1460. The van der Waals surface area contributed by atoms with Gasteiger partial charge in [-0.2, -0.15) is 0 Å². The van der Waals surface area contributed by atoms with Gasteiger partial charge >= 0.3 is 5.97 Å². The van der Waals surface area contributed by atoms with Gasteiger partial charge in [0.25, 0.3) is 11.7 Å². The number of aliphatic hydroxyl groups excluding tert-OH is 1. The molecule has 38 heavy (non-hydrogen) atoms. The van der Waals surface area contributed by atoms with E-state index in [-0.39, 0.29) is 28.9 Å². The summed E-state index contributed by atoms with van der Waals surface area (Å²) in [6, 6.07) is 18.8.